The van der Waals surface area contributed by atoms with E-state index in [0.29, 0.717) is 29.9 Å². The topological polar surface area (TPSA) is 82.8 Å². The Morgan fingerprint density at radius 1 is 0.930 bits per heavy atom. The first kappa shape index (κ1) is 27.4. The predicted molar refractivity (Wildman–Crippen MR) is 162 cm³/mol. The van der Waals surface area contributed by atoms with E-state index in [-0.39, 0.29) is 40.2 Å². The highest BCUT2D eigenvalue weighted by atomic mass is 19.1. The van der Waals surface area contributed by atoms with Crippen LogP contribution in [0.25, 0.3) is 22.3 Å². The number of hydrogen-bond acceptors (Lipinski definition) is 3. The molecule has 1 saturated carbocycles. The van der Waals surface area contributed by atoms with Gasteiger partial charge in [-0.05, 0) is 74.3 Å². The van der Waals surface area contributed by atoms with Gasteiger partial charge in [0, 0.05) is 59.0 Å². The third kappa shape index (κ3) is 5.19. The van der Waals surface area contributed by atoms with Gasteiger partial charge in [0.25, 0.3) is 0 Å². The van der Waals surface area contributed by atoms with Crippen LogP contribution in [0.2, 0.25) is 0 Å². The van der Waals surface area contributed by atoms with Crippen molar-refractivity contribution in [3.63, 3.8) is 0 Å². The van der Waals surface area contributed by atoms with E-state index < -0.39 is 11.6 Å². The molecule has 5 aromatic rings. The zero-order chi connectivity index (χ0) is 29.6. The molecular formula is C35H34F2N4O2. The molecule has 1 fully saturated rings. The van der Waals surface area contributed by atoms with Crippen LogP contribution in [0.4, 0.5) is 8.78 Å². The first-order chi connectivity index (χ1) is 20.8. The summed E-state index contributed by atoms with van der Waals surface area (Å²) in [5.74, 6) is -0.397. The van der Waals surface area contributed by atoms with Gasteiger partial charge in [-0.3, -0.25) is 4.79 Å². The van der Waals surface area contributed by atoms with Crippen LogP contribution in [0.15, 0.2) is 73.1 Å². The van der Waals surface area contributed by atoms with Crippen molar-refractivity contribution in [1.29, 1.82) is 0 Å². The summed E-state index contributed by atoms with van der Waals surface area (Å²) in [6.07, 6.45) is 9.03. The number of aromatic amines is 2. The van der Waals surface area contributed by atoms with Crippen molar-refractivity contribution < 1.29 is 18.3 Å². The molecule has 1 unspecified atom stereocenters. The third-order valence-electron chi connectivity index (χ3n) is 9.46. The van der Waals surface area contributed by atoms with Crippen LogP contribution in [0.5, 0.6) is 11.5 Å². The Morgan fingerprint density at radius 3 is 2.58 bits per heavy atom. The minimum Gasteiger partial charge on any atom is -0.454 e. The van der Waals surface area contributed by atoms with Gasteiger partial charge >= 0.3 is 0 Å². The number of nitrogens with one attached hydrogen (secondary N) is 3. The van der Waals surface area contributed by atoms with Gasteiger partial charge in [-0.2, -0.15) is 0 Å². The number of halogens is 2. The summed E-state index contributed by atoms with van der Waals surface area (Å²) < 4.78 is 36.9. The van der Waals surface area contributed by atoms with Crippen LogP contribution in [-0.2, 0) is 16.6 Å². The molecule has 7 rings (SSSR count). The van der Waals surface area contributed by atoms with Crippen molar-refractivity contribution in [2.45, 2.75) is 57.3 Å². The van der Waals surface area contributed by atoms with Crippen molar-refractivity contribution in [3.8, 4) is 22.9 Å². The van der Waals surface area contributed by atoms with Crippen molar-refractivity contribution in [2.75, 3.05) is 6.54 Å². The predicted octanol–water partition coefficient (Wildman–Crippen LogP) is 7.95. The average Bonchev–Trinajstić information content (AvgIpc) is 3.36. The summed E-state index contributed by atoms with van der Waals surface area (Å²) in [4.78, 5) is 24.1. The number of benzene rings is 3. The molecule has 43 heavy (non-hydrogen) atoms. The summed E-state index contributed by atoms with van der Waals surface area (Å²) in [5, 5.41) is 3.95. The van der Waals surface area contributed by atoms with Crippen molar-refractivity contribution in [3.05, 3.63) is 102 Å². The zero-order valence-electron chi connectivity index (χ0n) is 24.1. The quantitative estimate of drug-likeness (QED) is 0.188. The molecule has 4 bridgehead atoms. The van der Waals surface area contributed by atoms with Gasteiger partial charge in [0.05, 0.1) is 5.56 Å². The van der Waals surface area contributed by atoms with E-state index in [9.17, 15) is 4.79 Å². The Hall–Kier alpha value is -4.46. The fourth-order valence-electron chi connectivity index (χ4n) is 6.55. The lowest BCUT2D eigenvalue weighted by atomic mass is 9.75. The fourth-order valence-corrected chi connectivity index (χ4v) is 6.55. The Balaban J connectivity index is 1.32. The normalized spacial score (nSPS) is 20.4. The number of aromatic nitrogens is 3. The van der Waals surface area contributed by atoms with Gasteiger partial charge in [0.2, 0.25) is 5.91 Å². The summed E-state index contributed by atoms with van der Waals surface area (Å²) in [7, 11) is 0. The number of carbonyl (C=O) groups is 1. The first-order valence-corrected chi connectivity index (χ1v) is 15.0. The molecule has 0 saturated heterocycles. The molecule has 2 aliphatic rings. The van der Waals surface area contributed by atoms with Crippen LogP contribution in [0.3, 0.4) is 0 Å². The number of imidazole rings is 1. The summed E-state index contributed by atoms with van der Waals surface area (Å²) in [5.41, 5.74) is 3.21. The number of amides is 1. The van der Waals surface area contributed by atoms with E-state index in [4.69, 9.17) is 4.74 Å². The first-order valence-electron chi connectivity index (χ1n) is 15.0. The van der Waals surface area contributed by atoms with Crippen molar-refractivity contribution >= 4 is 16.8 Å². The molecule has 0 radical (unpaired) electrons. The number of aryl methyl sites for hydroxylation is 1. The standard InChI is InChI=1S/C35H34F2N4O2/c1-34(22-6-3-2-4-7-22)13-5-14-35(15-16-35)21-40-31(42)11-9-25-24-12-17-38-29(24)19-28(37)32(25)43-23-8-10-27(36)26(18-23)33-39-20-30(34)41-33/h2-4,6-8,10,12,17-20,38H,5,9,11,13-16,21H2,1H3,(H,39,41)(H,40,42). The average molecular weight is 581 g/mol. The number of hydrogen-bond donors (Lipinski definition) is 3. The molecule has 1 aliphatic carbocycles. The van der Waals surface area contributed by atoms with Crippen molar-refractivity contribution in [2.24, 2.45) is 5.41 Å². The minimum absolute atomic E-state index is 0.0332. The Labute approximate surface area is 248 Å². The zero-order valence-corrected chi connectivity index (χ0v) is 24.1. The number of fused-ring (bicyclic) bond motifs is 8. The molecule has 1 amide bonds. The van der Waals surface area contributed by atoms with Gasteiger partial charge < -0.3 is 20.0 Å². The molecule has 2 aromatic heterocycles. The minimum atomic E-state index is -0.557. The molecule has 6 nitrogen and oxygen atoms in total. The highest BCUT2D eigenvalue weighted by Crippen LogP contribution is 2.50. The maximum atomic E-state index is 15.5. The van der Waals surface area contributed by atoms with Crippen LogP contribution in [0.1, 0.15) is 62.3 Å². The largest absolute Gasteiger partial charge is 0.454 e. The van der Waals surface area contributed by atoms with E-state index >= 15 is 8.78 Å². The van der Waals surface area contributed by atoms with Gasteiger partial charge in [-0.15, -0.1) is 0 Å². The number of H-pyrrole nitrogens is 2. The van der Waals surface area contributed by atoms with Gasteiger partial charge in [-0.1, -0.05) is 36.8 Å². The maximum Gasteiger partial charge on any atom is 0.220 e. The lowest BCUT2D eigenvalue weighted by molar-refractivity contribution is -0.121. The fraction of sp³-hybridized carbons (Fsp3) is 0.314. The molecule has 3 N–H and O–H groups in total. The highest BCUT2D eigenvalue weighted by Gasteiger charge is 2.43. The second-order valence-corrected chi connectivity index (χ2v) is 12.3. The summed E-state index contributed by atoms with van der Waals surface area (Å²) in [6, 6.07) is 17.9. The van der Waals surface area contributed by atoms with E-state index in [1.165, 1.54) is 18.2 Å². The molecular weight excluding hydrogens is 546 g/mol. The Bertz CT molecular complexity index is 1810. The Kier molecular flexibility index (Phi) is 6.79. The molecule has 3 heterocycles. The molecule has 220 valence electrons. The molecule has 3 aromatic carbocycles. The molecule has 8 heteroatoms. The molecule has 1 spiro atoms. The number of rotatable bonds is 1. The van der Waals surface area contributed by atoms with Gasteiger partial charge in [0.1, 0.15) is 17.4 Å². The van der Waals surface area contributed by atoms with Crippen LogP contribution < -0.4 is 10.1 Å². The number of carbonyl (C=O) groups excluding carboxylic acids is 1. The second-order valence-electron chi connectivity index (χ2n) is 12.3. The highest BCUT2D eigenvalue weighted by molar-refractivity contribution is 5.86. The summed E-state index contributed by atoms with van der Waals surface area (Å²) in [6.45, 7) is 2.83. The van der Waals surface area contributed by atoms with Gasteiger partial charge in [0.15, 0.2) is 11.6 Å². The third-order valence-corrected chi connectivity index (χ3v) is 9.46. The van der Waals surface area contributed by atoms with E-state index in [1.807, 2.05) is 24.3 Å². The lowest BCUT2D eigenvalue weighted by Gasteiger charge is -2.30. The summed E-state index contributed by atoms with van der Waals surface area (Å²) >= 11 is 0. The smallest absolute Gasteiger partial charge is 0.220 e. The Morgan fingerprint density at radius 2 is 1.77 bits per heavy atom. The maximum absolute atomic E-state index is 15.5. The van der Waals surface area contributed by atoms with Crippen molar-refractivity contribution in [1.82, 2.24) is 20.3 Å². The van der Waals surface area contributed by atoms with E-state index in [2.05, 4.69) is 39.3 Å². The number of nitrogens with zero attached hydrogens (tertiary/aromatic N) is 1. The lowest BCUT2D eigenvalue weighted by Crippen LogP contribution is -2.31. The number of ether oxygens (including phenoxy) is 1. The van der Waals surface area contributed by atoms with Crippen LogP contribution in [0, 0.1) is 17.0 Å². The van der Waals surface area contributed by atoms with Crippen LogP contribution >= 0.6 is 0 Å². The van der Waals surface area contributed by atoms with E-state index in [1.54, 1.807) is 18.5 Å². The molecule has 1 atom stereocenters. The molecule has 1 aliphatic heterocycles. The van der Waals surface area contributed by atoms with Gasteiger partial charge in [-0.25, -0.2) is 13.8 Å². The second kappa shape index (κ2) is 10.7. The monoisotopic (exact) mass is 580 g/mol. The van der Waals surface area contributed by atoms with E-state index in [0.717, 1.165) is 48.7 Å². The SMILES string of the molecule is CC1(c2ccccc2)CCCC2(CC2)CNC(=O)CCc2c(c(F)cc3[nH]ccc23)Oc2ccc(F)c(c2)-c2ncc1[nH]2. The van der Waals surface area contributed by atoms with Crippen LogP contribution in [-0.4, -0.2) is 27.4 Å².